The van der Waals surface area contributed by atoms with Crippen molar-refractivity contribution in [2.45, 2.75) is 5.92 Å². The van der Waals surface area contributed by atoms with Crippen LogP contribution in [0.15, 0.2) is 90.5 Å². The highest BCUT2D eigenvalue weighted by molar-refractivity contribution is 7.80. The van der Waals surface area contributed by atoms with Crippen molar-refractivity contribution >= 4 is 40.3 Å². The molecule has 1 aliphatic rings. The Morgan fingerprint density at radius 2 is 1.81 bits per heavy atom. The predicted molar refractivity (Wildman–Crippen MR) is 125 cm³/mol. The summed E-state index contributed by atoms with van der Waals surface area (Å²) in [6.45, 7) is 0. The Balaban J connectivity index is 1.93. The van der Waals surface area contributed by atoms with Gasteiger partial charge in [0.1, 0.15) is 10.8 Å². The predicted octanol–water partition coefficient (Wildman–Crippen LogP) is 4.86. The van der Waals surface area contributed by atoms with Gasteiger partial charge in [-0.1, -0.05) is 54.2 Å². The number of anilines is 1. The molecule has 5 nitrogen and oxygen atoms in total. The molecular weight excluding hydrogens is 428 g/mol. The van der Waals surface area contributed by atoms with Crippen molar-refractivity contribution in [1.82, 2.24) is 4.98 Å². The molecular formula is C24H17ClN4OS. The van der Waals surface area contributed by atoms with Gasteiger partial charge in [0.05, 0.1) is 17.6 Å². The van der Waals surface area contributed by atoms with Gasteiger partial charge >= 0.3 is 0 Å². The van der Waals surface area contributed by atoms with Gasteiger partial charge in [0.2, 0.25) is 0 Å². The zero-order chi connectivity index (χ0) is 22.0. The minimum atomic E-state index is -0.806. The average Bonchev–Trinajstić information content (AvgIpc) is 2.81. The fourth-order valence-electron chi connectivity index (χ4n) is 3.80. The summed E-state index contributed by atoms with van der Waals surface area (Å²) in [6, 6.07) is 21.9. The van der Waals surface area contributed by atoms with Crippen molar-refractivity contribution in [3.8, 4) is 6.07 Å². The van der Waals surface area contributed by atoms with Crippen LogP contribution in [0.3, 0.4) is 0 Å². The Labute approximate surface area is 190 Å². The van der Waals surface area contributed by atoms with Crippen molar-refractivity contribution in [1.29, 1.82) is 5.26 Å². The topological polar surface area (TPSA) is 83.0 Å². The Morgan fingerprint density at radius 1 is 1.10 bits per heavy atom. The number of hydrogen-bond donors (Lipinski definition) is 1. The maximum Gasteiger partial charge on any atom is 0.175 e. The van der Waals surface area contributed by atoms with Crippen LogP contribution in [-0.2, 0) is 0 Å². The lowest BCUT2D eigenvalue weighted by atomic mass is 9.74. The smallest absolute Gasteiger partial charge is 0.175 e. The maximum absolute atomic E-state index is 13.6. The van der Waals surface area contributed by atoms with Crippen molar-refractivity contribution in [2.24, 2.45) is 11.7 Å². The maximum atomic E-state index is 13.6. The molecule has 2 N–H and O–H groups in total. The molecule has 0 fully saturated rings. The first kappa shape index (κ1) is 20.7. The molecule has 1 aromatic heterocycles. The minimum Gasteiger partial charge on any atom is -0.384 e. The average molecular weight is 445 g/mol. The van der Waals surface area contributed by atoms with Gasteiger partial charge in [0, 0.05) is 34.6 Å². The van der Waals surface area contributed by atoms with E-state index in [2.05, 4.69) is 11.1 Å². The molecule has 152 valence electrons. The number of aromatic nitrogens is 1. The first-order valence-corrected chi connectivity index (χ1v) is 10.3. The van der Waals surface area contributed by atoms with Gasteiger partial charge in [-0.15, -0.1) is 0 Å². The largest absolute Gasteiger partial charge is 0.384 e. The molecule has 2 unspecified atom stereocenters. The van der Waals surface area contributed by atoms with E-state index in [4.69, 9.17) is 29.6 Å². The third kappa shape index (κ3) is 3.81. The standard InChI is InChI=1S/C24H17ClN4OS/c25-17-8-10-18(11-9-17)29-23(27)19(13-26)20(15-5-2-1-3-6-15)21(24(29)31)22(30)16-7-4-12-28-14-16/h1-12,14,20-21H,27H2. The summed E-state index contributed by atoms with van der Waals surface area (Å²) in [5.41, 5.74) is 8.60. The lowest BCUT2D eigenvalue weighted by Crippen LogP contribution is -2.48. The van der Waals surface area contributed by atoms with Crippen molar-refractivity contribution < 1.29 is 4.79 Å². The van der Waals surface area contributed by atoms with Gasteiger partial charge in [-0.3, -0.25) is 14.7 Å². The van der Waals surface area contributed by atoms with Crippen LogP contribution in [0.4, 0.5) is 5.69 Å². The number of carbonyl (C=O) groups excluding carboxylic acids is 1. The van der Waals surface area contributed by atoms with E-state index in [0.717, 1.165) is 5.56 Å². The number of allylic oxidation sites excluding steroid dienone is 1. The Bertz CT molecular complexity index is 1200. The van der Waals surface area contributed by atoms with Crippen molar-refractivity contribution in [2.75, 3.05) is 4.90 Å². The molecule has 1 aliphatic heterocycles. The number of thiocarbonyl (C=S) groups is 1. The van der Waals surface area contributed by atoms with Crippen LogP contribution in [0.25, 0.3) is 0 Å². The molecule has 0 radical (unpaired) electrons. The van der Waals surface area contributed by atoms with E-state index in [1.165, 1.54) is 6.20 Å². The number of nitrogens with two attached hydrogens (primary N) is 1. The first-order valence-electron chi connectivity index (χ1n) is 9.51. The van der Waals surface area contributed by atoms with Crippen LogP contribution in [0.1, 0.15) is 21.8 Å². The van der Waals surface area contributed by atoms with E-state index in [1.54, 1.807) is 47.5 Å². The molecule has 0 saturated carbocycles. The Hall–Kier alpha value is -3.53. The second-order valence-corrected chi connectivity index (χ2v) is 7.89. The van der Waals surface area contributed by atoms with Gasteiger partial charge in [-0.05, 0) is 42.0 Å². The molecule has 0 amide bonds. The number of nitrogens with zero attached hydrogens (tertiary/aromatic N) is 3. The minimum absolute atomic E-state index is 0.207. The summed E-state index contributed by atoms with van der Waals surface area (Å²) in [7, 11) is 0. The number of Topliss-reactive ketones (excluding diaryl/α,β-unsaturated/α-hetero) is 1. The van der Waals surface area contributed by atoms with Gasteiger partial charge < -0.3 is 5.73 Å². The monoisotopic (exact) mass is 444 g/mol. The quantitative estimate of drug-likeness (QED) is 0.457. The molecule has 0 bridgehead atoms. The normalized spacial score (nSPS) is 18.6. The van der Waals surface area contributed by atoms with Gasteiger partial charge in [-0.2, -0.15) is 5.26 Å². The number of ketones is 1. The molecule has 2 atom stereocenters. The van der Waals surface area contributed by atoms with Gasteiger partial charge in [-0.25, -0.2) is 0 Å². The van der Waals surface area contributed by atoms with Gasteiger partial charge in [0.15, 0.2) is 5.78 Å². The molecule has 2 aromatic carbocycles. The van der Waals surface area contributed by atoms with Crippen molar-refractivity contribution in [3.05, 3.63) is 107 Å². The zero-order valence-corrected chi connectivity index (χ0v) is 17.8. The highest BCUT2D eigenvalue weighted by atomic mass is 35.5. The van der Waals surface area contributed by atoms with E-state index in [1.807, 2.05) is 30.3 Å². The zero-order valence-electron chi connectivity index (χ0n) is 16.3. The van der Waals surface area contributed by atoms with Crippen LogP contribution in [-0.4, -0.2) is 15.8 Å². The van der Waals surface area contributed by atoms with E-state index in [0.29, 0.717) is 21.3 Å². The second-order valence-electron chi connectivity index (χ2n) is 7.03. The van der Waals surface area contributed by atoms with Crippen LogP contribution in [0.2, 0.25) is 5.02 Å². The third-order valence-corrected chi connectivity index (χ3v) is 5.93. The summed E-state index contributed by atoms with van der Waals surface area (Å²) < 4.78 is 0. The summed E-state index contributed by atoms with van der Waals surface area (Å²) in [5.74, 6) is -1.42. The second kappa shape index (κ2) is 8.68. The number of halogens is 1. The molecule has 3 aromatic rings. The van der Waals surface area contributed by atoms with E-state index in [9.17, 15) is 10.1 Å². The number of hydrogen-bond acceptors (Lipinski definition) is 5. The molecule has 0 spiro atoms. The summed E-state index contributed by atoms with van der Waals surface area (Å²) in [5, 5.41) is 10.6. The van der Waals surface area contributed by atoms with Crippen LogP contribution < -0.4 is 10.6 Å². The Morgan fingerprint density at radius 3 is 2.42 bits per heavy atom. The number of pyridine rings is 1. The van der Waals surface area contributed by atoms with Crippen molar-refractivity contribution in [3.63, 3.8) is 0 Å². The summed E-state index contributed by atoms with van der Waals surface area (Å²) >= 11 is 11.9. The SMILES string of the molecule is N#CC1=C(N)N(c2ccc(Cl)cc2)C(=S)C(C(=O)c2cccnc2)C1c1ccccc1. The molecule has 4 rings (SSSR count). The van der Waals surface area contributed by atoms with Crippen LogP contribution >= 0.6 is 23.8 Å². The summed E-state index contributed by atoms with van der Waals surface area (Å²) in [4.78, 5) is 19.6. The van der Waals surface area contributed by atoms with Crippen LogP contribution in [0, 0.1) is 17.2 Å². The number of rotatable bonds is 4. The molecule has 2 heterocycles. The Kier molecular flexibility index (Phi) is 5.81. The number of nitriles is 1. The summed E-state index contributed by atoms with van der Waals surface area (Å²) in [6.07, 6.45) is 3.11. The lowest BCUT2D eigenvalue weighted by molar-refractivity contribution is 0.0945. The molecule has 0 saturated heterocycles. The van der Waals surface area contributed by atoms with E-state index >= 15 is 0 Å². The number of carbonyl (C=O) groups is 1. The first-order chi connectivity index (χ1) is 15.0. The number of benzene rings is 2. The molecule has 31 heavy (non-hydrogen) atoms. The fraction of sp³-hybridized carbons (Fsp3) is 0.0833. The lowest BCUT2D eigenvalue weighted by Gasteiger charge is -2.39. The van der Waals surface area contributed by atoms with E-state index in [-0.39, 0.29) is 17.2 Å². The highest BCUT2D eigenvalue weighted by Gasteiger charge is 2.44. The third-order valence-electron chi connectivity index (χ3n) is 5.24. The molecule has 0 aliphatic carbocycles. The van der Waals surface area contributed by atoms with Crippen LogP contribution in [0.5, 0.6) is 0 Å². The molecule has 7 heteroatoms. The van der Waals surface area contributed by atoms with Gasteiger partial charge in [0.25, 0.3) is 0 Å². The highest BCUT2D eigenvalue weighted by Crippen LogP contribution is 2.42. The fourth-order valence-corrected chi connectivity index (χ4v) is 4.37. The van der Waals surface area contributed by atoms with E-state index < -0.39 is 11.8 Å².